The maximum absolute atomic E-state index is 13.7. The lowest BCUT2D eigenvalue weighted by molar-refractivity contribution is -0.125. The number of amides is 1. The molecule has 5 heteroatoms. The first-order valence-corrected chi connectivity index (χ1v) is 12.1. The van der Waals surface area contributed by atoms with Gasteiger partial charge in [0.2, 0.25) is 5.91 Å². The van der Waals surface area contributed by atoms with Gasteiger partial charge in [-0.1, -0.05) is 51.5 Å². The lowest BCUT2D eigenvalue weighted by atomic mass is 9.68. The number of anilines is 1. The number of benzene rings is 2. The molecule has 4 rings (SSSR count). The van der Waals surface area contributed by atoms with Gasteiger partial charge in [0.05, 0.1) is 29.9 Å². The minimum absolute atomic E-state index is 0.0391. The molecule has 1 aliphatic carbocycles. The Hall–Kier alpha value is -2.95. The first-order chi connectivity index (χ1) is 15.8. The number of ether oxygens (including phenoxy) is 1. The molecule has 5 nitrogen and oxygen atoms in total. The summed E-state index contributed by atoms with van der Waals surface area (Å²) in [6, 6.07) is 15.2. The Labute approximate surface area is 196 Å². The van der Waals surface area contributed by atoms with Crippen molar-refractivity contribution in [1.82, 2.24) is 0 Å². The molecule has 1 fully saturated rings. The van der Waals surface area contributed by atoms with Gasteiger partial charge in [-0.2, -0.15) is 0 Å². The number of ketones is 1. The molecule has 2 aromatic rings. The summed E-state index contributed by atoms with van der Waals surface area (Å²) in [6.45, 7) is 8.87. The second-order valence-electron chi connectivity index (χ2n) is 9.87. The topological polar surface area (TPSA) is 59.0 Å². The van der Waals surface area contributed by atoms with Crippen LogP contribution in [0.25, 0.3) is 0 Å². The molecule has 0 saturated heterocycles. The van der Waals surface area contributed by atoms with Gasteiger partial charge in [-0.3, -0.25) is 14.6 Å². The van der Waals surface area contributed by atoms with Crippen LogP contribution in [0.5, 0.6) is 5.75 Å². The molecule has 0 spiro atoms. The molecule has 0 aromatic heterocycles. The minimum Gasteiger partial charge on any atom is -0.494 e. The minimum atomic E-state index is -0.450. The summed E-state index contributed by atoms with van der Waals surface area (Å²) >= 11 is 0. The molecule has 1 heterocycles. The highest BCUT2D eigenvalue weighted by Gasteiger charge is 2.47. The number of unbranched alkanes of at least 4 members (excludes halogenated alkanes) is 1. The largest absolute Gasteiger partial charge is 0.494 e. The number of hydrogen-bond acceptors (Lipinski definition) is 4. The SMILES string of the molecule is CCCCC(=O)N1c2ccccc2N=C2CC(C)(C)CC(=O)C2C1c1ccc(OCC)cc1. The molecule has 2 unspecified atom stereocenters. The summed E-state index contributed by atoms with van der Waals surface area (Å²) in [5.41, 5.74) is 3.22. The molecule has 1 amide bonds. The molecule has 1 aliphatic heterocycles. The Bertz CT molecular complexity index is 1060. The third-order valence-electron chi connectivity index (χ3n) is 6.56. The van der Waals surface area contributed by atoms with Gasteiger partial charge in [-0.05, 0) is 55.0 Å². The molecule has 0 radical (unpaired) electrons. The second kappa shape index (κ2) is 9.50. The van der Waals surface area contributed by atoms with Crippen molar-refractivity contribution in [1.29, 1.82) is 0 Å². The first-order valence-electron chi connectivity index (χ1n) is 12.1. The summed E-state index contributed by atoms with van der Waals surface area (Å²) < 4.78 is 5.64. The number of carbonyl (C=O) groups excluding carboxylic acids is 2. The molecule has 2 aromatic carbocycles. The smallest absolute Gasteiger partial charge is 0.227 e. The van der Waals surface area contributed by atoms with Crippen LogP contribution < -0.4 is 9.64 Å². The fraction of sp³-hybridized carbons (Fsp3) is 0.464. The van der Waals surface area contributed by atoms with E-state index >= 15 is 0 Å². The van der Waals surface area contributed by atoms with Crippen molar-refractivity contribution in [3.63, 3.8) is 0 Å². The summed E-state index contributed by atoms with van der Waals surface area (Å²) in [6.07, 6.45) is 3.42. The van der Waals surface area contributed by atoms with E-state index < -0.39 is 12.0 Å². The molecule has 2 atom stereocenters. The normalized spacial score (nSPS) is 21.5. The lowest BCUT2D eigenvalue weighted by Gasteiger charge is -2.41. The van der Waals surface area contributed by atoms with Crippen LogP contribution in [0.1, 0.15) is 71.4 Å². The molecule has 2 aliphatic rings. The van der Waals surface area contributed by atoms with Gasteiger partial charge >= 0.3 is 0 Å². The van der Waals surface area contributed by atoms with Crippen LogP contribution in [0.15, 0.2) is 53.5 Å². The number of rotatable bonds is 6. The molecule has 1 saturated carbocycles. The quantitative estimate of drug-likeness (QED) is 0.513. The molecule has 33 heavy (non-hydrogen) atoms. The van der Waals surface area contributed by atoms with Gasteiger partial charge in [-0.15, -0.1) is 0 Å². The summed E-state index contributed by atoms with van der Waals surface area (Å²) in [5.74, 6) is 0.528. The summed E-state index contributed by atoms with van der Waals surface area (Å²) in [5, 5.41) is 0. The summed E-state index contributed by atoms with van der Waals surface area (Å²) in [7, 11) is 0. The monoisotopic (exact) mass is 446 g/mol. The molecule has 0 N–H and O–H groups in total. The van der Waals surface area contributed by atoms with Crippen molar-refractivity contribution in [2.45, 2.75) is 65.8 Å². The van der Waals surface area contributed by atoms with E-state index in [-0.39, 0.29) is 17.1 Å². The van der Waals surface area contributed by atoms with E-state index in [2.05, 4.69) is 20.8 Å². The first kappa shape index (κ1) is 23.2. The molecular weight excluding hydrogens is 412 g/mol. The Balaban J connectivity index is 1.90. The highest BCUT2D eigenvalue weighted by molar-refractivity contribution is 6.13. The van der Waals surface area contributed by atoms with Crippen LogP contribution >= 0.6 is 0 Å². The summed E-state index contributed by atoms with van der Waals surface area (Å²) in [4.78, 5) is 34.2. The van der Waals surface area contributed by atoms with Gasteiger partial charge in [0.15, 0.2) is 0 Å². The van der Waals surface area contributed by atoms with Gasteiger partial charge in [0.25, 0.3) is 0 Å². The van der Waals surface area contributed by atoms with E-state index in [9.17, 15) is 9.59 Å². The van der Waals surface area contributed by atoms with E-state index in [1.807, 2.05) is 60.4 Å². The zero-order chi connectivity index (χ0) is 23.6. The fourth-order valence-corrected chi connectivity index (χ4v) is 5.12. The van der Waals surface area contributed by atoms with Crippen molar-refractivity contribution < 1.29 is 14.3 Å². The Kier molecular flexibility index (Phi) is 6.68. The van der Waals surface area contributed by atoms with E-state index in [0.717, 1.165) is 47.7 Å². The lowest BCUT2D eigenvalue weighted by Crippen LogP contribution is -2.47. The number of fused-ring (bicyclic) bond motifs is 2. The van der Waals surface area contributed by atoms with Gasteiger partial charge in [0.1, 0.15) is 11.5 Å². The van der Waals surface area contributed by atoms with Crippen LogP contribution in [0.2, 0.25) is 0 Å². The van der Waals surface area contributed by atoms with Crippen LogP contribution in [-0.2, 0) is 9.59 Å². The highest BCUT2D eigenvalue weighted by Crippen LogP contribution is 2.48. The Morgan fingerprint density at radius 1 is 1.09 bits per heavy atom. The second-order valence-corrected chi connectivity index (χ2v) is 9.87. The average Bonchev–Trinajstić information content (AvgIpc) is 2.91. The van der Waals surface area contributed by atoms with Gasteiger partial charge in [-0.25, -0.2) is 0 Å². The van der Waals surface area contributed by atoms with Crippen LogP contribution in [0, 0.1) is 11.3 Å². The molecule has 0 bridgehead atoms. The van der Waals surface area contributed by atoms with Crippen molar-refractivity contribution in [2.75, 3.05) is 11.5 Å². The van der Waals surface area contributed by atoms with Crippen molar-refractivity contribution in [3.8, 4) is 5.75 Å². The van der Waals surface area contributed by atoms with E-state index in [0.29, 0.717) is 19.4 Å². The number of Topliss-reactive ketones (excluding diaryl/α,β-unsaturated/α-hetero) is 1. The van der Waals surface area contributed by atoms with Crippen LogP contribution in [0.4, 0.5) is 11.4 Å². The van der Waals surface area contributed by atoms with Crippen LogP contribution in [-0.4, -0.2) is 24.0 Å². The average molecular weight is 447 g/mol. The molecule has 174 valence electrons. The Morgan fingerprint density at radius 3 is 2.52 bits per heavy atom. The number of carbonyl (C=O) groups is 2. The Morgan fingerprint density at radius 2 is 1.82 bits per heavy atom. The fourth-order valence-electron chi connectivity index (χ4n) is 5.12. The third-order valence-corrected chi connectivity index (χ3v) is 6.56. The maximum Gasteiger partial charge on any atom is 0.227 e. The van der Waals surface area contributed by atoms with E-state index in [4.69, 9.17) is 9.73 Å². The third kappa shape index (κ3) is 4.73. The predicted molar refractivity (Wildman–Crippen MR) is 132 cm³/mol. The maximum atomic E-state index is 13.7. The zero-order valence-electron chi connectivity index (χ0n) is 20.1. The zero-order valence-corrected chi connectivity index (χ0v) is 20.1. The van der Waals surface area contributed by atoms with Crippen molar-refractivity contribution in [3.05, 3.63) is 54.1 Å². The van der Waals surface area contributed by atoms with Gasteiger partial charge in [0, 0.05) is 18.6 Å². The van der Waals surface area contributed by atoms with Crippen LogP contribution in [0.3, 0.4) is 0 Å². The van der Waals surface area contributed by atoms with E-state index in [1.54, 1.807) is 0 Å². The molecular formula is C28H34N2O3. The number of nitrogens with zero attached hydrogens (tertiary/aromatic N) is 2. The highest BCUT2D eigenvalue weighted by atomic mass is 16.5. The predicted octanol–water partition coefficient (Wildman–Crippen LogP) is 6.44. The van der Waals surface area contributed by atoms with Crippen molar-refractivity contribution >= 4 is 28.8 Å². The number of hydrogen-bond donors (Lipinski definition) is 0. The number of aliphatic imine (C=N–C) groups is 1. The standard InChI is InChI=1S/C28H34N2O3/c1-5-7-12-25(32)30-23-11-9-8-10-21(23)29-22-17-28(3,4)18-24(31)26(22)27(30)19-13-15-20(16-14-19)33-6-2/h8-11,13-16,26-27H,5-7,12,17-18H2,1-4H3. The van der Waals surface area contributed by atoms with Gasteiger partial charge < -0.3 is 9.64 Å². The van der Waals surface area contributed by atoms with E-state index in [1.165, 1.54) is 0 Å². The number of para-hydroxylation sites is 2. The van der Waals surface area contributed by atoms with Crippen molar-refractivity contribution in [2.24, 2.45) is 16.3 Å².